The second-order valence-electron chi connectivity index (χ2n) is 5.51. The van der Waals surface area contributed by atoms with Crippen molar-refractivity contribution < 1.29 is 22.4 Å². The van der Waals surface area contributed by atoms with Gasteiger partial charge in [-0.15, -0.1) is 5.10 Å². The molecule has 0 aliphatic rings. The number of hydrogen-bond acceptors (Lipinski definition) is 5. The third kappa shape index (κ3) is 4.55. The maximum Gasteiger partial charge on any atom is 0.417 e. The van der Waals surface area contributed by atoms with E-state index in [2.05, 4.69) is 26.2 Å². The van der Waals surface area contributed by atoms with E-state index in [1.54, 1.807) is 0 Å². The standard InChI is InChI=1S/C16H11ClF4N6O/c17-12-3-1-9(5-11(12)16(19,20)21)24-15(28)7-22-14-6-10(2-4-13(14)18)27-8-23-25-26-27/h1-6,8,22H,7H2,(H,24,28). The Morgan fingerprint density at radius 2 is 1.96 bits per heavy atom. The van der Waals surface area contributed by atoms with Gasteiger partial charge in [0.25, 0.3) is 0 Å². The summed E-state index contributed by atoms with van der Waals surface area (Å²) in [5.41, 5.74) is -0.719. The summed E-state index contributed by atoms with van der Waals surface area (Å²) in [4.78, 5) is 12.0. The van der Waals surface area contributed by atoms with Gasteiger partial charge in [-0.05, 0) is 46.8 Å². The molecule has 0 bridgehead atoms. The molecule has 1 heterocycles. The van der Waals surface area contributed by atoms with E-state index >= 15 is 0 Å². The fourth-order valence-corrected chi connectivity index (χ4v) is 2.50. The molecule has 12 heteroatoms. The van der Waals surface area contributed by atoms with Crippen molar-refractivity contribution in [1.29, 1.82) is 0 Å². The summed E-state index contributed by atoms with van der Waals surface area (Å²) in [6, 6.07) is 6.95. The number of carbonyl (C=O) groups is 1. The molecular weight excluding hydrogens is 404 g/mol. The number of amides is 1. The molecule has 0 saturated heterocycles. The Labute approximate surface area is 160 Å². The second kappa shape index (κ2) is 7.80. The number of nitrogens with zero attached hydrogens (tertiary/aromatic N) is 4. The van der Waals surface area contributed by atoms with Gasteiger partial charge in [0.05, 0.1) is 28.5 Å². The van der Waals surface area contributed by atoms with Crippen LogP contribution in [0, 0.1) is 5.82 Å². The van der Waals surface area contributed by atoms with Gasteiger partial charge in [0.2, 0.25) is 5.91 Å². The van der Waals surface area contributed by atoms with Gasteiger partial charge in [0.1, 0.15) is 12.1 Å². The Bertz CT molecular complexity index is 993. The van der Waals surface area contributed by atoms with Gasteiger partial charge in [-0.2, -0.15) is 13.2 Å². The molecule has 0 fully saturated rings. The number of tetrazole rings is 1. The summed E-state index contributed by atoms with van der Waals surface area (Å²) in [6.07, 6.45) is -3.35. The van der Waals surface area contributed by atoms with Crippen molar-refractivity contribution in [3.05, 3.63) is 59.1 Å². The van der Waals surface area contributed by atoms with Crippen molar-refractivity contribution in [3.63, 3.8) is 0 Å². The lowest BCUT2D eigenvalue weighted by molar-refractivity contribution is -0.137. The van der Waals surface area contributed by atoms with Crippen LogP contribution in [0.4, 0.5) is 28.9 Å². The molecule has 2 N–H and O–H groups in total. The zero-order valence-electron chi connectivity index (χ0n) is 13.8. The monoisotopic (exact) mass is 414 g/mol. The van der Waals surface area contributed by atoms with Crippen LogP contribution in [0.1, 0.15) is 5.56 Å². The van der Waals surface area contributed by atoms with Crippen molar-refractivity contribution in [2.45, 2.75) is 6.18 Å². The normalized spacial score (nSPS) is 11.3. The van der Waals surface area contributed by atoms with Gasteiger partial charge in [-0.25, -0.2) is 9.07 Å². The van der Waals surface area contributed by atoms with Crippen LogP contribution < -0.4 is 10.6 Å². The molecule has 146 valence electrons. The van der Waals surface area contributed by atoms with Crippen molar-refractivity contribution in [2.24, 2.45) is 0 Å². The molecule has 2 aromatic carbocycles. The van der Waals surface area contributed by atoms with Gasteiger partial charge in [-0.1, -0.05) is 11.6 Å². The Hall–Kier alpha value is -3.21. The molecule has 0 aliphatic heterocycles. The smallest absolute Gasteiger partial charge is 0.374 e. The fourth-order valence-electron chi connectivity index (χ4n) is 2.27. The van der Waals surface area contributed by atoms with Gasteiger partial charge in [0.15, 0.2) is 0 Å². The van der Waals surface area contributed by atoms with Gasteiger partial charge < -0.3 is 10.6 Å². The Morgan fingerprint density at radius 3 is 2.64 bits per heavy atom. The number of halogens is 5. The van der Waals surface area contributed by atoms with E-state index in [0.717, 1.165) is 18.2 Å². The first kappa shape index (κ1) is 19.5. The largest absolute Gasteiger partial charge is 0.417 e. The van der Waals surface area contributed by atoms with E-state index in [1.807, 2.05) is 0 Å². The van der Waals surface area contributed by atoms with Crippen LogP contribution in [-0.4, -0.2) is 32.7 Å². The highest BCUT2D eigenvalue weighted by Gasteiger charge is 2.33. The lowest BCUT2D eigenvalue weighted by atomic mass is 10.2. The highest BCUT2D eigenvalue weighted by atomic mass is 35.5. The van der Waals surface area contributed by atoms with Gasteiger partial charge in [-0.3, -0.25) is 4.79 Å². The highest BCUT2D eigenvalue weighted by Crippen LogP contribution is 2.36. The SMILES string of the molecule is O=C(CNc1cc(-n2cnnn2)ccc1F)Nc1ccc(Cl)c(C(F)(F)F)c1. The van der Waals surface area contributed by atoms with E-state index in [-0.39, 0.29) is 17.9 Å². The van der Waals surface area contributed by atoms with Crippen molar-refractivity contribution in [3.8, 4) is 5.69 Å². The summed E-state index contributed by atoms with van der Waals surface area (Å²) in [6.45, 7) is -0.389. The molecule has 28 heavy (non-hydrogen) atoms. The van der Waals surface area contributed by atoms with Crippen LogP contribution >= 0.6 is 11.6 Å². The van der Waals surface area contributed by atoms with Crippen molar-refractivity contribution >= 4 is 28.9 Å². The van der Waals surface area contributed by atoms with Crippen LogP contribution in [-0.2, 0) is 11.0 Å². The first-order valence-corrected chi connectivity index (χ1v) is 8.05. The molecule has 3 aromatic rings. The Kier molecular flexibility index (Phi) is 5.45. The van der Waals surface area contributed by atoms with Gasteiger partial charge >= 0.3 is 6.18 Å². The number of aromatic nitrogens is 4. The zero-order valence-corrected chi connectivity index (χ0v) is 14.6. The number of rotatable bonds is 5. The van der Waals surface area contributed by atoms with E-state index in [9.17, 15) is 22.4 Å². The molecule has 3 rings (SSSR count). The first-order valence-electron chi connectivity index (χ1n) is 7.67. The average molecular weight is 415 g/mol. The zero-order chi connectivity index (χ0) is 20.3. The van der Waals surface area contributed by atoms with Crippen LogP contribution in [0.15, 0.2) is 42.7 Å². The van der Waals surface area contributed by atoms with Crippen LogP contribution in [0.2, 0.25) is 5.02 Å². The molecular formula is C16H11ClF4N6O. The van der Waals surface area contributed by atoms with Gasteiger partial charge in [0, 0.05) is 5.69 Å². The lowest BCUT2D eigenvalue weighted by Gasteiger charge is -2.13. The number of benzene rings is 2. The number of anilines is 2. The Morgan fingerprint density at radius 1 is 1.18 bits per heavy atom. The van der Waals surface area contributed by atoms with E-state index in [1.165, 1.54) is 29.2 Å². The summed E-state index contributed by atoms with van der Waals surface area (Å²) < 4.78 is 53.8. The van der Waals surface area contributed by atoms with Crippen LogP contribution in [0.3, 0.4) is 0 Å². The lowest BCUT2D eigenvalue weighted by Crippen LogP contribution is -2.22. The quantitative estimate of drug-likeness (QED) is 0.624. The summed E-state index contributed by atoms with van der Waals surface area (Å²) in [5, 5.41) is 15.0. The predicted molar refractivity (Wildman–Crippen MR) is 92.7 cm³/mol. The number of carbonyl (C=O) groups excluding carboxylic acids is 1. The molecule has 0 spiro atoms. The number of nitrogens with one attached hydrogen (secondary N) is 2. The molecule has 0 atom stereocenters. The van der Waals surface area contributed by atoms with Crippen LogP contribution in [0.25, 0.3) is 5.69 Å². The van der Waals surface area contributed by atoms with Crippen molar-refractivity contribution in [2.75, 3.05) is 17.2 Å². The minimum Gasteiger partial charge on any atom is -0.374 e. The Balaban J connectivity index is 1.68. The highest BCUT2D eigenvalue weighted by molar-refractivity contribution is 6.31. The van der Waals surface area contributed by atoms with E-state index in [0.29, 0.717) is 5.69 Å². The third-order valence-corrected chi connectivity index (χ3v) is 3.89. The maximum atomic E-state index is 13.9. The fraction of sp³-hybridized carbons (Fsp3) is 0.125. The molecule has 0 saturated carbocycles. The number of alkyl halides is 3. The predicted octanol–water partition coefficient (Wildman–Crippen LogP) is 3.52. The minimum atomic E-state index is -4.66. The molecule has 1 amide bonds. The summed E-state index contributed by atoms with van der Waals surface area (Å²) in [5.74, 6) is -1.31. The number of hydrogen-bond donors (Lipinski definition) is 2. The second-order valence-corrected chi connectivity index (χ2v) is 5.92. The third-order valence-electron chi connectivity index (χ3n) is 3.56. The molecule has 1 aromatic heterocycles. The summed E-state index contributed by atoms with van der Waals surface area (Å²) >= 11 is 5.53. The maximum absolute atomic E-state index is 13.9. The first-order chi connectivity index (χ1) is 13.2. The molecule has 7 nitrogen and oxygen atoms in total. The van der Waals surface area contributed by atoms with Crippen LogP contribution in [0.5, 0.6) is 0 Å². The van der Waals surface area contributed by atoms with Crippen molar-refractivity contribution in [1.82, 2.24) is 20.2 Å². The van der Waals surface area contributed by atoms with E-state index < -0.39 is 28.5 Å². The summed E-state index contributed by atoms with van der Waals surface area (Å²) in [7, 11) is 0. The molecule has 0 aliphatic carbocycles. The van der Waals surface area contributed by atoms with E-state index in [4.69, 9.17) is 11.6 Å². The topological polar surface area (TPSA) is 84.7 Å². The average Bonchev–Trinajstić information content (AvgIpc) is 3.16. The molecule has 0 radical (unpaired) electrons. The minimum absolute atomic E-state index is 0.00441. The molecule has 0 unspecified atom stereocenters.